The highest BCUT2D eigenvalue weighted by atomic mass is 19.4. The zero-order valence-corrected chi connectivity index (χ0v) is 12.1. The van der Waals surface area contributed by atoms with Gasteiger partial charge in [0, 0.05) is 5.56 Å². The Morgan fingerprint density at radius 3 is 2.17 bits per heavy atom. The van der Waals surface area contributed by atoms with Crippen LogP contribution in [0.3, 0.4) is 0 Å². The van der Waals surface area contributed by atoms with E-state index in [4.69, 9.17) is 0 Å². The van der Waals surface area contributed by atoms with Gasteiger partial charge in [0.1, 0.15) is 0 Å². The molecule has 128 valence electrons. The van der Waals surface area contributed by atoms with Crippen molar-refractivity contribution in [1.82, 2.24) is 5.32 Å². The first-order chi connectivity index (χ1) is 11.1. The van der Waals surface area contributed by atoms with E-state index in [-0.39, 0.29) is 5.56 Å². The third kappa shape index (κ3) is 3.53. The summed E-state index contributed by atoms with van der Waals surface area (Å²) in [4.78, 5) is 11.8. The second kappa shape index (κ2) is 6.56. The Balaban J connectivity index is 2.22. The summed E-state index contributed by atoms with van der Waals surface area (Å²) >= 11 is 0. The number of benzene rings is 2. The van der Waals surface area contributed by atoms with Crippen molar-refractivity contribution in [2.24, 2.45) is 0 Å². The van der Waals surface area contributed by atoms with Gasteiger partial charge in [-0.2, -0.15) is 13.2 Å². The highest BCUT2D eigenvalue weighted by Crippen LogP contribution is 2.38. The number of carbonyl (C=O) groups excluding carboxylic acids is 1. The molecule has 2 aromatic carbocycles. The van der Waals surface area contributed by atoms with Crippen LogP contribution in [-0.4, -0.2) is 23.7 Å². The molecule has 2 aromatic rings. The highest BCUT2D eigenvalue weighted by Gasteiger charge is 2.55. The van der Waals surface area contributed by atoms with Crippen LogP contribution in [0.1, 0.15) is 15.9 Å². The fourth-order valence-electron chi connectivity index (χ4n) is 2.03. The maximum absolute atomic E-state index is 13.2. The summed E-state index contributed by atoms with van der Waals surface area (Å²) in [7, 11) is 0. The molecule has 0 aliphatic heterocycles. The lowest BCUT2D eigenvalue weighted by Gasteiger charge is -2.31. The van der Waals surface area contributed by atoms with E-state index in [9.17, 15) is 31.9 Å². The predicted molar refractivity (Wildman–Crippen MR) is 75.1 cm³/mol. The van der Waals surface area contributed by atoms with Gasteiger partial charge in [-0.1, -0.05) is 30.3 Å². The van der Waals surface area contributed by atoms with Crippen molar-refractivity contribution in [1.29, 1.82) is 0 Å². The molecule has 0 aliphatic carbocycles. The van der Waals surface area contributed by atoms with Crippen LogP contribution in [0.2, 0.25) is 0 Å². The van der Waals surface area contributed by atoms with E-state index in [0.717, 1.165) is 18.2 Å². The van der Waals surface area contributed by atoms with Crippen molar-refractivity contribution in [3.63, 3.8) is 0 Å². The summed E-state index contributed by atoms with van der Waals surface area (Å²) in [5.41, 5.74) is -4.14. The molecule has 0 unspecified atom stereocenters. The lowest BCUT2D eigenvalue weighted by Crippen LogP contribution is -2.51. The van der Waals surface area contributed by atoms with Gasteiger partial charge in [-0.3, -0.25) is 4.79 Å². The van der Waals surface area contributed by atoms with Crippen LogP contribution in [-0.2, 0) is 5.60 Å². The Morgan fingerprint density at radius 2 is 1.62 bits per heavy atom. The van der Waals surface area contributed by atoms with E-state index in [1.54, 1.807) is 0 Å². The van der Waals surface area contributed by atoms with Crippen LogP contribution < -0.4 is 5.32 Å². The standard InChI is InChI=1S/C16H12F5NO2/c17-12-7-6-10(8-13(12)18)14(23)22-9-15(24,16(19,20)21)11-4-2-1-3-5-11/h1-8,24H,9H2,(H,22,23)/t15-/m1/s1. The number of carbonyl (C=O) groups is 1. The SMILES string of the molecule is O=C(NC[C@@](O)(c1ccccc1)C(F)(F)F)c1ccc(F)c(F)c1. The van der Waals surface area contributed by atoms with Crippen molar-refractivity contribution < 1.29 is 31.9 Å². The molecule has 2 rings (SSSR count). The van der Waals surface area contributed by atoms with Gasteiger partial charge in [-0.05, 0) is 23.8 Å². The summed E-state index contributed by atoms with van der Waals surface area (Å²) in [6.45, 7) is -1.18. The third-order valence-corrected chi connectivity index (χ3v) is 3.41. The normalized spacial score (nSPS) is 14.1. The molecule has 0 fully saturated rings. The van der Waals surface area contributed by atoms with E-state index >= 15 is 0 Å². The summed E-state index contributed by atoms with van der Waals surface area (Å²) < 4.78 is 65.7. The first kappa shape index (κ1) is 17.9. The lowest BCUT2D eigenvalue weighted by molar-refractivity contribution is -0.263. The Bertz CT molecular complexity index is 733. The van der Waals surface area contributed by atoms with E-state index in [1.165, 1.54) is 18.2 Å². The minimum Gasteiger partial charge on any atom is -0.375 e. The summed E-state index contributed by atoms with van der Waals surface area (Å²) in [6.07, 6.45) is -5.06. The molecule has 2 N–H and O–H groups in total. The zero-order chi connectivity index (χ0) is 18.0. The molecule has 24 heavy (non-hydrogen) atoms. The van der Waals surface area contributed by atoms with Gasteiger partial charge < -0.3 is 10.4 Å². The van der Waals surface area contributed by atoms with Crippen LogP contribution in [0.15, 0.2) is 48.5 Å². The minimum absolute atomic E-state index is 0.369. The van der Waals surface area contributed by atoms with Crippen molar-refractivity contribution >= 4 is 5.91 Å². The van der Waals surface area contributed by atoms with Crippen molar-refractivity contribution in [2.45, 2.75) is 11.8 Å². The second-order valence-corrected chi connectivity index (χ2v) is 5.04. The molecule has 0 radical (unpaired) electrons. The van der Waals surface area contributed by atoms with Crippen LogP contribution in [0, 0.1) is 11.6 Å². The fourth-order valence-corrected chi connectivity index (χ4v) is 2.03. The number of alkyl halides is 3. The van der Waals surface area contributed by atoms with E-state index in [2.05, 4.69) is 0 Å². The van der Waals surface area contributed by atoms with E-state index < -0.39 is 41.4 Å². The predicted octanol–water partition coefficient (Wildman–Crippen LogP) is 3.14. The molecule has 0 aliphatic rings. The smallest absolute Gasteiger partial charge is 0.375 e. The number of hydrogen-bond donors (Lipinski definition) is 2. The van der Waals surface area contributed by atoms with Crippen LogP contribution in [0.5, 0.6) is 0 Å². The third-order valence-electron chi connectivity index (χ3n) is 3.41. The van der Waals surface area contributed by atoms with Crippen LogP contribution in [0.4, 0.5) is 22.0 Å². The molecule has 0 saturated carbocycles. The van der Waals surface area contributed by atoms with Gasteiger partial charge in [0.05, 0.1) is 6.54 Å². The monoisotopic (exact) mass is 345 g/mol. The first-order valence-corrected chi connectivity index (χ1v) is 6.73. The molecule has 0 saturated heterocycles. The molecular formula is C16H12F5NO2. The Kier molecular flexibility index (Phi) is 4.88. The van der Waals surface area contributed by atoms with E-state index in [0.29, 0.717) is 12.1 Å². The Labute approximate surface area is 133 Å². The maximum atomic E-state index is 13.2. The van der Waals surface area contributed by atoms with Gasteiger partial charge in [-0.15, -0.1) is 0 Å². The molecule has 1 atom stereocenters. The Hall–Kier alpha value is -2.48. The van der Waals surface area contributed by atoms with Gasteiger partial charge in [0.25, 0.3) is 5.91 Å². The molecule has 3 nitrogen and oxygen atoms in total. The number of amides is 1. The molecule has 0 aromatic heterocycles. The zero-order valence-electron chi connectivity index (χ0n) is 12.1. The number of rotatable bonds is 4. The van der Waals surface area contributed by atoms with E-state index in [1.807, 2.05) is 5.32 Å². The molecule has 8 heteroatoms. The van der Waals surface area contributed by atoms with Gasteiger partial charge in [-0.25, -0.2) is 8.78 Å². The van der Waals surface area contributed by atoms with Crippen molar-refractivity contribution in [3.05, 3.63) is 71.3 Å². The summed E-state index contributed by atoms with van der Waals surface area (Å²) in [6, 6.07) is 8.38. The first-order valence-electron chi connectivity index (χ1n) is 6.73. The molecule has 0 heterocycles. The van der Waals surface area contributed by atoms with Crippen molar-refractivity contribution in [2.75, 3.05) is 6.54 Å². The van der Waals surface area contributed by atoms with Crippen molar-refractivity contribution in [3.8, 4) is 0 Å². The second-order valence-electron chi connectivity index (χ2n) is 5.04. The lowest BCUT2D eigenvalue weighted by atomic mass is 9.93. The van der Waals surface area contributed by atoms with Gasteiger partial charge in [0.15, 0.2) is 11.6 Å². The quantitative estimate of drug-likeness (QED) is 0.837. The topological polar surface area (TPSA) is 49.3 Å². The maximum Gasteiger partial charge on any atom is 0.423 e. The average molecular weight is 345 g/mol. The molecule has 0 bridgehead atoms. The Morgan fingerprint density at radius 1 is 1.00 bits per heavy atom. The number of nitrogens with one attached hydrogen (secondary N) is 1. The fraction of sp³-hybridized carbons (Fsp3) is 0.188. The average Bonchev–Trinajstić information content (AvgIpc) is 2.54. The van der Waals surface area contributed by atoms with Crippen LogP contribution in [0.25, 0.3) is 0 Å². The molecule has 0 spiro atoms. The highest BCUT2D eigenvalue weighted by molar-refractivity contribution is 5.94. The summed E-state index contributed by atoms with van der Waals surface area (Å²) in [5, 5.41) is 11.9. The van der Waals surface area contributed by atoms with Gasteiger partial charge >= 0.3 is 6.18 Å². The number of hydrogen-bond acceptors (Lipinski definition) is 2. The molecular weight excluding hydrogens is 333 g/mol. The summed E-state index contributed by atoms with van der Waals surface area (Å²) in [5.74, 6) is -3.58. The number of aliphatic hydroxyl groups is 1. The number of halogens is 5. The molecule has 1 amide bonds. The van der Waals surface area contributed by atoms with Crippen LogP contribution >= 0.6 is 0 Å². The largest absolute Gasteiger partial charge is 0.423 e. The minimum atomic E-state index is -5.06. The van der Waals surface area contributed by atoms with Gasteiger partial charge in [0.2, 0.25) is 5.60 Å².